The lowest BCUT2D eigenvalue weighted by Crippen LogP contribution is -2.49. The largest absolute Gasteiger partial charge is 0.346 e. The van der Waals surface area contributed by atoms with E-state index in [0.717, 1.165) is 55.8 Å². The molecule has 0 atom stereocenters. The summed E-state index contributed by atoms with van der Waals surface area (Å²) in [6.07, 6.45) is 2.17. The van der Waals surface area contributed by atoms with Crippen molar-refractivity contribution in [3.8, 4) is 0 Å². The Hall–Kier alpha value is -1.92. The van der Waals surface area contributed by atoms with Gasteiger partial charge in [0, 0.05) is 56.7 Å². The van der Waals surface area contributed by atoms with Crippen LogP contribution in [0.1, 0.15) is 18.2 Å². The van der Waals surface area contributed by atoms with Crippen LogP contribution in [0.5, 0.6) is 0 Å². The molecule has 2 aromatic rings. The molecule has 2 heterocycles. The van der Waals surface area contributed by atoms with Crippen molar-refractivity contribution in [1.29, 1.82) is 0 Å². The predicted molar refractivity (Wildman–Crippen MR) is 102 cm³/mol. The topological polar surface area (TPSA) is 36.3 Å². The smallest absolute Gasteiger partial charge is 0.173 e. The molecule has 1 saturated heterocycles. The number of hydrogen-bond donors (Lipinski definition) is 1. The normalized spacial score (nSPS) is 15.5. The maximum absolute atomic E-state index is 5.55. The van der Waals surface area contributed by atoms with Gasteiger partial charge in [0.1, 0.15) is 0 Å². The van der Waals surface area contributed by atoms with Gasteiger partial charge in [-0.25, -0.2) is 0 Å². The maximum Gasteiger partial charge on any atom is 0.173 e. The van der Waals surface area contributed by atoms with Crippen LogP contribution in [-0.4, -0.2) is 50.9 Å². The number of thiocarbonyl (C=S) groups is 1. The number of anilines is 1. The van der Waals surface area contributed by atoms with Crippen LogP contribution in [0.4, 0.5) is 5.69 Å². The summed E-state index contributed by atoms with van der Waals surface area (Å²) < 4.78 is 2.01. The molecule has 0 spiro atoms. The lowest BCUT2D eigenvalue weighted by atomic mass is 10.2. The van der Waals surface area contributed by atoms with E-state index in [1.54, 1.807) is 0 Å². The molecule has 1 aromatic heterocycles. The molecular weight excluding hydrogens is 318 g/mol. The van der Waals surface area contributed by atoms with E-state index < -0.39 is 0 Å². The van der Waals surface area contributed by atoms with Crippen LogP contribution in [-0.2, 0) is 13.1 Å². The molecule has 1 fully saturated rings. The number of nitrogens with zero attached hydrogens (tertiary/aromatic N) is 4. The third-order valence-electron chi connectivity index (χ3n) is 4.45. The summed E-state index contributed by atoms with van der Waals surface area (Å²) in [5, 5.41) is 8.67. The summed E-state index contributed by atoms with van der Waals surface area (Å²) >= 11 is 5.55. The predicted octanol–water partition coefficient (Wildman–Crippen LogP) is 2.73. The number of para-hydroxylation sites is 1. The highest BCUT2D eigenvalue weighted by Gasteiger charge is 2.20. The molecule has 3 rings (SSSR count). The average Bonchev–Trinajstić information content (AvgIpc) is 2.96. The highest BCUT2D eigenvalue weighted by molar-refractivity contribution is 7.80. The SMILES string of the molecule is CCn1cc(CN2CCN(C(=S)Nc3ccccc3)CC2)c(C)n1. The number of nitrogens with one attached hydrogen (secondary N) is 1. The van der Waals surface area contributed by atoms with Gasteiger partial charge in [0.25, 0.3) is 0 Å². The first kappa shape index (κ1) is 16.9. The lowest BCUT2D eigenvalue weighted by molar-refractivity contribution is 0.176. The highest BCUT2D eigenvalue weighted by atomic mass is 32.1. The number of aryl methyl sites for hydroxylation is 2. The van der Waals surface area contributed by atoms with Crippen molar-refractivity contribution >= 4 is 23.0 Å². The minimum absolute atomic E-state index is 0.816. The second-order valence-corrected chi connectivity index (χ2v) is 6.54. The first-order valence-corrected chi connectivity index (χ1v) is 8.93. The molecule has 0 unspecified atom stereocenters. The number of rotatable bonds is 4. The van der Waals surface area contributed by atoms with Gasteiger partial charge in [-0.3, -0.25) is 9.58 Å². The molecule has 128 valence electrons. The van der Waals surface area contributed by atoms with Crippen molar-refractivity contribution < 1.29 is 0 Å². The average molecular weight is 344 g/mol. The number of piperazine rings is 1. The third-order valence-corrected chi connectivity index (χ3v) is 4.81. The van der Waals surface area contributed by atoms with E-state index in [2.05, 4.69) is 40.3 Å². The van der Waals surface area contributed by atoms with E-state index in [9.17, 15) is 0 Å². The summed E-state index contributed by atoms with van der Waals surface area (Å²) in [4.78, 5) is 4.73. The summed E-state index contributed by atoms with van der Waals surface area (Å²) in [7, 11) is 0. The molecule has 0 aliphatic carbocycles. The fourth-order valence-electron chi connectivity index (χ4n) is 2.95. The molecule has 1 aliphatic heterocycles. The summed E-state index contributed by atoms with van der Waals surface area (Å²) in [6.45, 7) is 10.1. The van der Waals surface area contributed by atoms with Crippen LogP contribution in [0.3, 0.4) is 0 Å². The van der Waals surface area contributed by atoms with Crippen molar-refractivity contribution in [2.45, 2.75) is 26.9 Å². The molecule has 1 N–H and O–H groups in total. The van der Waals surface area contributed by atoms with Crippen LogP contribution in [0.2, 0.25) is 0 Å². The van der Waals surface area contributed by atoms with E-state index in [-0.39, 0.29) is 0 Å². The summed E-state index contributed by atoms with van der Waals surface area (Å²) in [5.74, 6) is 0. The zero-order valence-electron chi connectivity index (χ0n) is 14.4. The van der Waals surface area contributed by atoms with E-state index >= 15 is 0 Å². The van der Waals surface area contributed by atoms with Crippen molar-refractivity contribution in [2.24, 2.45) is 0 Å². The van der Waals surface area contributed by atoms with Gasteiger partial charge in [-0.15, -0.1) is 0 Å². The molecule has 1 aromatic carbocycles. The van der Waals surface area contributed by atoms with Gasteiger partial charge in [-0.2, -0.15) is 5.10 Å². The second kappa shape index (κ2) is 7.77. The number of aromatic nitrogens is 2. The molecule has 0 bridgehead atoms. The summed E-state index contributed by atoms with van der Waals surface area (Å²) in [5.41, 5.74) is 3.52. The van der Waals surface area contributed by atoms with Crippen LogP contribution < -0.4 is 5.32 Å². The van der Waals surface area contributed by atoms with Crippen molar-refractivity contribution in [3.05, 3.63) is 47.8 Å². The third kappa shape index (κ3) is 4.13. The molecule has 24 heavy (non-hydrogen) atoms. The minimum Gasteiger partial charge on any atom is -0.346 e. The van der Waals surface area contributed by atoms with Crippen molar-refractivity contribution in [1.82, 2.24) is 19.6 Å². The fraction of sp³-hybridized carbons (Fsp3) is 0.444. The van der Waals surface area contributed by atoms with E-state index in [1.165, 1.54) is 5.56 Å². The Labute approximate surface area is 149 Å². The first-order valence-electron chi connectivity index (χ1n) is 8.52. The minimum atomic E-state index is 0.816. The van der Waals surface area contributed by atoms with Crippen molar-refractivity contribution in [3.63, 3.8) is 0 Å². The molecule has 1 aliphatic rings. The van der Waals surface area contributed by atoms with Gasteiger partial charge < -0.3 is 10.2 Å². The van der Waals surface area contributed by atoms with Gasteiger partial charge in [0.15, 0.2) is 5.11 Å². The number of benzene rings is 1. The monoisotopic (exact) mass is 343 g/mol. The van der Waals surface area contributed by atoms with E-state index in [1.807, 2.05) is 35.0 Å². The summed E-state index contributed by atoms with van der Waals surface area (Å²) in [6, 6.07) is 10.1. The number of hydrogen-bond acceptors (Lipinski definition) is 3. The molecule has 0 radical (unpaired) electrons. The van der Waals surface area contributed by atoms with Crippen molar-refractivity contribution in [2.75, 3.05) is 31.5 Å². The Morgan fingerprint density at radius 2 is 1.88 bits per heavy atom. The Bertz CT molecular complexity index is 674. The van der Waals surface area contributed by atoms with Crippen LogP contribution in [0, 0.1) is 6.92 Å². The standard InChI is InChI=1S/C18H25N5S/c1-3-23-14-16(15(2)20-23)13-21-9-11-22(12-10-21)18(24)19-17-7-5-4-6-8-17/h4-8,14H,3,9-13H2,1-2H3,(H,19,24). The van der Waals surface area contributed by atoms with Gasteiger partial charge in [0.2, 0.25) is 0 Å². The van der Waals surface area contributed by atoms with Crippen LogP contribution in [0.15, 0.2) is 36.5 Å². The fourth-order valence-corrected chi connectivity index (χ4v) is 3.25. The van der Waals surface area contributed by atoms with Gasteiger partial charge >= 0.3 is 0 Å². The molecule has 0 saturated carbocycles. The van der Waals surface area contributed by atoms with Crippen LogP contribution >= 0.6 is 12.2 Å². The highest BCUT2D eigenvalue weighted by Crippen LogP contribution is 2.13. The first-order chi connectivity index (χ1) is 11.7. The van der Waals surface area contributed by atoms with Gasteiger partial charge in [-0.1, -0.05) is 18.2 Å². The Kier molecular flexibility index (Phi) is 5.48. The second-order valence-electron chi connectivity index (χ2n) is 6.15. The Morgan fingerprint density at radius 1 is 1.17 bits per heavy atom. The van der Waals surface area contributed by atoms with E-state index in [0.29, 0.717) is 0 Å². The zero-order valence-corrected chi connectivity index (χ0v) is 15.2. The van der Waals surface area contributed by atoms with Gasteiger partial charge in [0.05, 0.1) is 5.69 Å². The van der Waals surface area contributed by atoms with Gasteiger partial charge in [-0.05, 0) is 38.2 Å². The molecule has 6 heteroatoms. The van der Waals surface area contributed by atoms with Crippen LogP contribution in [0.25, 0.3) is 0 Å². The Morgan fingerprint density at radius 3 is 2.50 bits per heavy atom. The zero-order chi connectivity index (χ0) is 16.9. The molecule has 0 amide bonds. The lowest BCUT2D eigenvalue weighted by Gasteiger charge is -2.36. The molecular formula is C18H25N5S. The quantitative estimate of drug-likeness (QED) is 0.864. The Balaban J connectivity index is 1.50. The van der Waals surface area contributed by atoms with E-state index in [4.69, 9.17) is 12.2 Å². The molecule has 5 nitrogen and oxygen atoms in total. The maximum atomic E-state index is 5.55.